The van der Waals surface area contributed by atoms with Gasteiger partial charge in [0.25, 0.3) is 5.91 Å². The Morgan fingerprint density at radius 1 is 1.32 bits per heavy atom. The number of halogens is 2. The molecule has 3 N–H and O–H groups in total. The first-order valence-corrected chi connectivity index (χ1v) is 5.98. The largest absolute Gasteiger partial charge is 0.396 e. The summed E-state index contributed by atoms with van der Waals surface area (Å²) in [6.45, 7) is 1.82. The molecule has 0 saturated heterocycles. The van der Waals surface area contributed by atoms with Crippen molar-refractivity contribution in [3.8, 4) is 0 Å². The molecule has 0 aromatic heterocycles. The molecule has 5 heteroatoms. The highest BCUT2D eigenvalue weighted by atomic mass is 35.5. The van der Waals surface area contributed by atoms with Gasteiger partial charge in [0.2, 0.25) is 0 Å². The number of nitrogens with one attached hydrogen (secondary N) is 1. The fourth-order valence-corrected chi connectivity index (χ4v) is 1.92. The van der Waals surface area contributed by atoms with Gasteiger partial charge in [-0.05, 0) is 42.8 Å². The zero-order chi connectivity index (χ0) is 14.0. The standard InChI is InChI=1S/C14H12ClFN2O/c1-8-7-9(15)5-6-12(8)18-14(19)10-3-2-4-11(16)13(10)17/h2-7H,17H2,1H3,(H,18,19). The summed E-state index contributed by atoms with van der Waals surface area (Å²) in [6.07, 6.45) is 0. The first-order valence-electron chi connectivity index (χ1n) is 5.60. The van der Waals surface area contributed by atoms with Crippen LogP contribution in [0.1, 0.15) is 15.9 Å². The van der Waals surface area contributed by atoms with E-state index in [-0.39, 0.29) is 11.3 Å². The minimum absolute atomic E-state index is 0.106. The highest BCUT2D eigenvalue weighted by Crippen LogP contribution is 2.22. The van der Waals surface area contributed by atoms with Gasteiger partial charge in [-0.25, -0.2) is 4.39 Å². The first kappa shape index (κ1) is 13.4. The number of nitrogens with two attached hydrogens (primary N) is 1. The monoisotopic (exact) mass is 278 g/mol. The molecule has 98 valence electrons. The number of para-hydroxylation sites is 1. The van der Waals surface area contributed by atoms with Crippen molar-refractivity contribution >= 4 is 28.9 Å². The van der Waals surface area contributed by atoms with E-state index < -0.39 is 11.7 Å². The topological polar surface area (TPSA) is 55.1 Å². The van der Waals surface area contributed by atoms with Crippen LogP contribution in [0, 0.1) is 12.7 Å². The van der Waals surface area contributed by atoms with E-state index in [1.54, 1.807) is 18.2 Å². The fourth-order valence-electron chi connectivity index (χ4n) is 1.69. The lowest BCUT2D eigenvalue weighted by Crippen LogP contribution is -2.15. The number of benzene rings is 2. The van der Waals surface area contributed by atoms with Crippen LogP contribution >= 0.6 is 11.6 Å². The van der Waals surface area contributed by atoms with Crippen molar-refractivity contribution in [1.29, 1.82) is 0 Å². The second-order valence-electron chi connectivity index (χ2n) is 4.11. The van der Waals surface area contributed by atoms with Crippen LogP contribution in [-0.4, -0.2) is 5.91 Å². The quantitative estimate of drug-likeness (QED) is 0.824. The molecule has 0 spiro atoms. The van der Waals surface area contributed by atoms with Gasteiger partial charge in [0.05, 0.1) is 11.3 Å². The molecule has 0 radical (unpaired) electrons. The molecule has 0 saturated carbocycles. The van der Waals surface area contributed by atoms with Gasteiger partial charge in [0.1, 0.15) is 5.82 Å². The summed E-state index contributed by atoms with van der Waals surface area (Å²) >= 11 is 5.83. The number of carbonyl (C=O) groups excluding carboxylic acids is 1. The van der Waals surface area contributed by atoms with Gasteiger partial charge in [-0.2, -0.15) is 0 Å². The van der Waals surface area contributed by atoms with Crippen LogP contribution in [0.5, 0.6) is 0 Å². The van der Waals surface area contributed by atoms with E-state index in [2.05, 4.69) is 5.32 Å². The first-order chi connectivity index (χ1) is 8.99. The van der Waals surface area contributed by atoms with Crippen molar-refractivity contribution in [3.63, 3.8) is 0 Å². The fraction of sp³-hybridized carbons (Fsp3) is 0.0714. The summed E-state index contributed by atoms with van der Waals surface area (Å²) in [4.78, 5) is 12.0. The lowest BCUT2D eigenvalue weighted by Gasteiger charge is -2.10. The zero-order valence-corrected chi connectivity index (χ0v) is 11.0. The molecule has 0 fully saturated rings. The highest BCUT2D eigenvalue weighted by Gasteiger charge is 2.13. The Balaban J connectivity index is 2.28. The Morgan fingerprint density at radius 2 is 2.05 bits per heavy atom. The lowest BCUT2D eigenvalue weighted by molar-refractivity contribution is 0.102. The van der Waals surface area contributed by atoms with Crippen LogP contribution in [0.3, 0.4) is 0 Å². The van der Waals surface area contributed by atoms with Crippen LogP contribution in [0.25, 0.3) is 0 Å². The molecular formula is C14H12ClFN2O. The van der Waals surface area contributed by atoms with Crippen LogP contribution in [0.15, 0.2) is 36.4 Å². The van der Waals surface area contributed by atoms with Crippen LogP contribution in [0.2, 0.25) is 5.02 Å². The SMILES string of the molecule is Cc1cc(Cl)ccc1NC(=O)c1cccc(F)c1N. The molecular weight excluding hydrogens is 267 g/mol. The third kappa shape index (κ3) is 2.85. The lowest BCUT2D eigenvalue weighted by atomic mass is 10.1. The van der Waals surface area contributed by atoms with Crippen molar-refractivity contribution < 1.29 is 9.18 Å². The van der Waals surface area contributed by atoms with Gasteiger partial charge >= 0.3 is 0 Å². The summed E-state index contributed by atoms with van der Waals surface area (Å²) in [7, 11) is 0. The number of hydrogen-bond donors (Lipinski definition) is 2. The molecule has 0 aliphatic rings. The smallest absolute Gasteiger partial charge is 0.257 e. The minimum atomic E-state index is -0.611. The number of hydrogen-bond acceptors (Lipinski definition) is 2. The Morgan fingerprint density at radius 3 is 2.74 bits per heavy atom. The molecule has 1 amide bonds. The molecule has 0 heterocycles. The number of rotatable bonds is 2. The van der Waals surface area contributed by atoms with Crippen molar-refractivity contribution in [2.45, 2.75) is 6.92 Å². The Kier molecular flexibility index (Phi) is 3.71. The van der Waals surface area contributed by atoms with E-state index >= 15 is 0 Å². The van der Waals surface area contributed by atoms with Gasteiger partial charge in [-0.3, -0.25) is 4.79 Å². The zero-order valence-electron chi connectivity index (χ0n) is 10.2. The minimum Gasteiger partial charge on any atom is -0.396 e. The molecule has 0 aliphatic carbocycles. The second-order valence-corrected chi connectivity index (χ2v) is 4.55. The molecule has 19 heavy (non-hydrogen) atoms. The van der Waals surface area contributed by atoms with E-state index in [1.807, 2.05) is 6.92 Å². The van der Waals surface area contributed by atoms with E-state index in [4.69, 9.17) is 17.3 Å². The number of amides is 1. The summed E-state index contributed by atoms with van der Waals surface area (Å²) in [5.74, 6) is -1.07. The average molecular weight is 279 g/mol. The number of nitrogen functional groups attached to an aromatic ring is 1. The van der Waals surface area contributed by atoms with E-state index in [1.165, 1.54) is 18.2 Å². The van der Waals surface area contributed by atoms with Crippen molar-refractivity contribution in [2.75, 3.05) is 11.1 Å². The van der Waals surface area contributed by atoms with Gasteiger partial charge in [0, 0.05) is 10.7 Å². The number of carbonyl (C=O) groups is 1. The predicted octanol–water partition coefficient (Wildman–Crippen LogP) is 3.62. The molecule has 2 aromatic rings. The average Bonchev–Trinajstić information content (AvgIpc) is 2.36. The third-order valence-electron chi connectivity index (χ3n) is 2.73. The Labute approximate surface area is 115 Å². The van der Waals surface area contributed by atoms with Crippen LogP contribution in [0.4, 0.5) is 15.8 Å². The molecule has 2 rings (SSSR count). The van der Waals surface area contributed by atoms with Gasteiger partial charge < -0.3 is 11.1 Å². The van der Waals surface area contributed by atoms with Crippen molar-refractivity contribution in [2.24, 2.45) is 0 Å². The second kappa shape index (κ2) is 5.28. The van der Waals surface area contributed by atoms with Crippen LogP contribution in [-0.2, 0) is 0 Å². The molecule has 0 bridgehead atoms. The number of anilines is 2. The Bertz CT molecular complexity index is 643. The van der Waals surface area contributed by atoms with Crippen LogP contribution < -0.4 is 11.1 Å². The molecule has 3 nitrogen and oxygen atoms in total. The number of aryl methyl sites for hydroxylation is 1. The third-order valence-corrected chi connectivity index (χ3v) is 2.97. The summed E-state index contributed by atoms with van der Waals surface area (Å²) in [5.41, 5.74) is 6.91. The predicted molar refractivity (Wildman–Crippen MR) is 75.0 cm³/mol. The normalized spacial score (nSPS) is 10.3. The van der Waals surface area contributed by atoms with Gasteiger partial charge in [-0.1, -0.05) is 17.7 Å². The Hall–Kier alpha value is -2.07. The molecule has 2 aromatic carbocycles. The maximum absolute atomic E-state index is 13.3. The van der Waals surface area contributed by atoms with E-state index in [0.29, 0.717) is 10.7 Å². The molecule has 0 atom stereocenters. The maximum Gasteiger partial charge on any atom is 0.257 e. The highest BCUT2D eigenvalue weighted by molar-refractivity contribution is 6.30. The maximum atomic E-state index is 13.3. The van der Waals surface area contributed by atoms with E-state index in [0.717, 1.165) is 5.56 Å². The molecule has 0 unspecified atom stereocenters. The van der Waals surface area contributed by atoms with Crippen molar-refractivity contribution in [3.05, 3.63) is 58.4 Å². The molecule has 0 aliphatic heterocycles. The van der Waals surface area contributed by atoms with E-state index in [9.17, 15) is 9.18 Å². The van der Waals surface area contributed by atoms with Gasteiger partial charge in [0.15, 0.2) is 0 Å². The summed E-state index contributed by atoms with van der Waals surface area (Å²) in [5, 5.41) is 3.26. The van der Waals surface area contributed by atoms with Gasteiger partial charge in [-0.15, -0.1) is 0 Å². The summed E-state index contributed by atoms with van der Waals surface area (Å²) < 4.78 is 13.3. The summed E-state index contributed by atoms with van der Waals surface area (Å²) in [6, 6.07) is 9.20. The van der Waals surface area contributed by atoms with Crippen molar-refractivity contribution in [1.82, 2.24) is 0 Å².